The number of hydrogen-bond acceptors (Lipinski definition) is 4. The molecule has 0 spiro atoms. The van der Waals surface area contributed by atoms with E-state index in [9.17, 15) is 0 Å². The van der Waals surface area contributed by atoms with Crippen LogP contribution in [0.1, 0.15) is 34.1 Å². The molecule has 0 saturated carbocycles. The van der Waals surface area contributed by atoms with Gasteiger partial charge in [0.25, 0.3) is 0 Å². The lowest BCUT2D eigenvalue weighted by molar-refractivity contribution is 0.265. The first-order chi connectivity index (χ1) is 8.28. The zero-order valence-corrected chi connectivity index (χ0v) is 13.3. The van der Waals surface area contributed by atoms with Crippen molar-refractivity contribution in [2.24, 2.45) is 0 Å². The van der Waals surface area contributed by atoms with Gasteiger partial charge >= 0.3 is 0 Å². The number of hydrogen-bond donors (Lipinski definition) is 0. The molecule has 4 nitrogen and oxygen atoms in total. The van der Waals surface area contributed by atoms with Gasteiger partial charge in [-0.25, -0.2) is 0 Å². The summed E-state index contributed by atoms with van der Waals surface area (Å²) in [6.45, 7) is 10.9. The summed E-state index contributed by atoms with van der Waals surface area (Å²) in [5.41, 5.74) is 0. The maximum absolute atomic E-state index is 5.55. The van der Waals surface area contributed by atoms with Crippen LogP contribution in [0.25, 0.3) is 0 Å². The van der Waals surface area contributed by atoms with Crippen molar-refractivity contribution in [3.8, 4) is 0 Å². The molecule has 0 aromatic heterocycles. The fourth-order valence-electron chi connectivity index (χ4n) is 1.24. The van der Waals surface area contributed by atoms with Gasteiger partial charge in [0.05, 0.1) is 26.4 Å². The van der Waals surface area contributed by atoms with Crippen molar-refractivity contribution in [3.05, 3.63) is 0 Å². The van der Waals surface area contributed by atoms with Gasteiger partial charge in [0, 0.05) is 12.3 Å². The molecular weight excluding hydrogens is 258 g/mol. The van der Waals surface area contributed by atoms with Crippen LogP contribution in [0, 0.1) is 0 Å². The third-order valence-corrected chi connectivity index (χ3v) is 5.32. The molecule has 6 heteroatoms. The van der Waals surface area contributed by atoms with Crippen LogP contribution < -0.4 is 0 Å². The molecule has 0 aromatic carbocycles. The van der Waals surface area contributed by atoms with E-state index in [0.29, 0.717) is 0 Å². The fourth-order valence-corrected chi connectivity index (χ4v) is 4.14. The molecule has 0 aliphatic rings. The van der Waals surface area contributed by atoms with Gasteiger partial charge in [-0.2, -0.15) is 0 Å². The molecule has 0 aliphatic heterocycles. The smallest absolute Gasteiger partial charge is 0.170 e. The van der Waals surface area contributed by atoms with Gasteiger partial charge in [-0.05, 0) is 34.1 Å². The summed E-state index contributed by atoms with van der Waals surface area (Å²) in [5, 5.41) is 0. The van der Waals surface area contributed by atoms with E-state index in [1.165, 1.54) is 0 Å². The van der Waals surface area contributed by atoms with Gasteiger partial charge in [0.2, 0.25) is 0 Å². The highest BCUT2D eigenvalue weighted by Crippen LogP contribution is 2.43. The third kappa shape index (κ3) is 10.3. The lowest BCUT2D eigenvalue weighted by atomic mass is 10.6. The van der Waals surface area contributed by atoms with Gasteiger partial charge in [0.15, 0.2) is 16.8 Å². The SMILES string of the molecule is CCOP(CCCP(OCC)OCC)OCC. The van der Waals surface area contributed by atoms with Gasteiger partial charge in [-0.1, -0.05) is 0 Å². The Balaban J connectivity index is 3.73. The van der Waals surface area contributed by atoms with Gasteiger partial charge in [0.1, 0.15) is 0 Å². The molecule has 0 aromatic rings. The van der Waals surface area contributed by atoms with Gasteiger partial charge in [-0.15, -0.1) is 0 Å². The highest BCUT2D eigenvalue weighted by molar-refractivity contribution is 7.48. The minimum Gasteiger partial charge on any atom is -0.334 e. The lowest BCUT2D eigenvalue weighted by Crippen LogP contribution is -2.00. The van der Waals surface area contributed by atoms with Crippen LogP contribution in [0.15, 0.2) is 0 Å². The standard InChI is InChI=1S/C11H26O4P2/c1-5-12-16(13-6-2)10-9-11-17(14-7-3)15-8-4/h5-11H2,1-4H3. The highest BCUT2D eigenvalue weighted by atomic mass is 31.2. The molecular formula is C11H26O4P2. The summed E-state index contributed by atoms with van der Waals surface area (Å²) >= 11 is 0. The topological polar surface area (TPSA) is 36.9 Å². The summed E-state index contributed by atoms with van der Waals surface area (Å²) in [6.07, 6.45) is 2.98. The monoisotopic (exact) mass is 284 g/mol. The second-order valence-electron chi connectivity index (χ2n) is 3.14. The number of rotatable bonds is 12. The first-order valence-electron chi connectivity index (χ1n) is 6.35. The van der Waals surface area contributed by atoms with Crippen molar-refractivity contribution in [1.29, 1.82) is 0 Å². The normalized spacial score (nSPS) is 11.6. The van der Waals surface area contributed by atoms with E-state index >= 15 is 0 Å². The third-order valence-electron chi connectivity index (χ3n) is 1.77. The molecule has 0 heterocycles. The van der Waals surface area contributed by atoms with E-state index in [0.717, 1.165) is 45.2 Å². The molecule has 0 aliphatic carbocycles. The average Bonchev–Trinajstić information content (AvgIpc) is 2.30. The van der Waals surface area contributed by atoms with Crippen LogP contribution in [0.4, 0.5) is 0 Å². The first-order valence-corrected chi connectivity index (χ1v) is 9.07. The molecule has 0 N–H and O–H groups in total. The molecule has 0 amide bonds. The Morgan fingerprint density at radius 3 is 1.12 bits per heavy atom. The van der Waals surface area contributed by atoms with Crippen LogP contribution >= 0.6 is 16.8 Å². The van der Waals surface area contributed by atoms with Crippen LogP contribution in [0.3, 0.4) is 0 Å². The summed E-state index contributed by atoms with van der Waals surface area (Å²) in [5.74, 6) is 0. The van der Waals surface area contributed by atoms with E-state index < -0.39 is 16.8 Å². The maximum atomic E-state index is 5.55. The van der Waals surface area contributed by atoms with Crippen molar-refractivity contribution >= 4 is 16.8 Å². The summed E-state index contributed by atoms with van der Waals surface area (Å²) in [4.78, 5) is 0. The van der Waals surface area contributed by atoms with Gasteiger partial charge in [-0.3, -0.25) is 0 Å². The van der Waals surface area contributed by atoms with Crippen LogP contribution in [-0.2, 0) is 18.1 Å². The summed E-state index contributed by atoms with van der Waals surface area (Å²) in [6, 6.07) is 0. The molecule has 17 heavy (non-hydrogen) atoms. The fraction of sp³-hybridized carbons (Fsp3) is 1.00. The Labute approximate surface area is 108 Å². The second-order valence-corrected chi connectivity index (χ2v) is 6.40. The average molecular weight is 284 g/mol. The van der Waals surface area contributed by atoms with E-state index in [2.05, 4.69) is 0 Å². The van der Waals surface area contributed by atoms with Crippen molar-refractivity contribution < 1.29 is 18.1 Å². The van der Waals surface area contributed by atoms with E-state index in [4.69, 9.17) is 18.1 Å². The van der Waals surface area contributed by atoms with Crippen molar-refractivity contribution in [2.75, 3.05) is 38.8 Å². The lowest BCUT2D eigenvalue weighted by Gasteiger charge is -2.18. The molecule has 0 radical (unpaired) electrons. The predicted octanol–water partition coefficient (Wildman–Crippen LogP) is 4.15. The summed E-state index contributed by atoms with van der Waals surface area (Å²) in [7, 11) is -1.42. The zero-order valence-electron chi connectivity index (χ0n) is 11.5. The van der Waals surface area contributed by atoms with E-state index in [-0.39, 0.29) is 0 Å². The second kappa shape index (κ2) is 13.1. The van der Waals surface area contributed by atoms with Crippen LogP contribution in [0.2, 0.25) is 0 Å². The Bertz CT molecular complexity index is 132. The molecule has 0 fully saturated rings. The van der Waals surface area contributed by atoms with Crippen molar-refractivity contribution in [1.82, 2.24) is 0 Å². The molecule has 0 bridgehead atoms. The molecule has 104 valence electrons. The Morgan fingerprint density at radius 2 is 0.882 bits per heavy atom. The maximum Gasteiger partial charge on any atom is 0.170 e. The van der Waals surface area contributed by atoms with Crippen molar-refractivity contribution in [2.45, 2.75) is 34.1 Å². The Morgan fingerprint density at radius 1 is 0.588 bits per heavy atom. The van der Waals surface area contributed by atoms with Crippen molar-refractivity contribution in [3.63, 3.8) is 0 Å². The quantitative estimate of drug-likeness (QED) is 0.505. The van der Waals surface area contributed by atoms with Crippen LogP contribution in [0.5, 0.6) is 0 Å². The van der Waals surface area contributed by atoms with Gasteiger partial charge < -0.3 is 18.1 Å². The van der Waals surface area contributed by atoms with E-state index in [1.807, 2.05) is 27.7 Å². The zero-order chi connectivity index (χ0) is 12.9. The largest absolute Gasteiger partial charge is 0.334 e. The molecule has 0 atom stereocenters. The predicted molar refractivity (Wildman–Crippen MR) is 74.7 cm³/mol. The minimum atomic E-state index is -0.711. The van der Waals surface area contributed by atoms with E-state index in [1.54, 1.807) is 0 Å². The highest BCUT2D eigenvalue weighted by Gasteiger charge is 2.13. The Kier molecular flexibility index (Phi) is 13.7. The summed E-state index contributed by atoms with van der Waals surface area (Å²) < 4.78 is 22.2. The molecule has 0 unspecified atom stereocenters. The van der Waals surface area contributed by atoms with Crippen LogP contribution in [-0.4, -0.2) is 38.8 Å². The minimum absolute atomic E-state index is 0.711. The Hall–Kier alpha value is 0.700. The first kappa shape index (κ1) is 17.7. The molecule has 0 saturated heterocycles. The molecule has 0 rings (SSSR count).